The lowest BCUT2D eigenvalue weighted by atomic mass is 9.74. The SMILES string of the molecule is CN1CC(NC(=O)NCC(CO)c2ccc(Cl)cc2)CC12CCC2. The largest absolute Gasteiger partial charge is 0.396 e. The quantitative estimate of drug-likeness (QED) is 0.763. The highest BCUT2D eigenvalue weighted by atomic mass is 35.5. The fourth-order valence-corrected chi connectivity index (χ4v) is 4.07. The van der Waals surface area contributed by atoms with Crippen LogP contribution in [-0.2, 0) is 0 Å². The van der Waals surface area contributed by atoms with E-state index in [1.807, 2.05) is 12.1 Å². The zero-order valence-corrected chi connectivity index (χ0v) is 14.9. The minimum atomic E-state index is -0.155. The number of amides is 2. The molecule has 2 aliphatic rings. The highest BCUT2D eigenvalue weighted by Gasteiger charge is 2.47. The Hall–Kier alpha value is -1.30. The molecule has 6 heteroatoms. The highest BCUT2D eigenvalue weighted by Crippen LogP contribution is 2.44. The summed E-state index contributed by atoms with van der Waals surface area (Å²) in [5.74, 6) is -0.128. The molecule has 1 spiro atoms. The summed E-state index contributed by atoms with van der Waals surface area (Å²) in [5.41, 5.74) is 1.30. The number of likely N-dealkylation sites (tertiary alicyclic amines) is 1. The molecule has 1 aliphatic heterocycles. The first-order valence-corrected chi connectivity index (χ1v) is 9.02. The van der Waals surface area contributed by atoms with Crippen molar-refractivity contribution in [3.63, 3.8) is 0 Å². The number of hydrogen-bond donors (Lipinski definition) is 3. The molecule has 2 unspecified atom stereocenters. The van der Waals surface area contributed by atoms with Gasteiger partial charge in [0.15, 0.2) is 0 Å². The summed E-state index contributed by atoms with van der Waals surface area (Å²) in [6.45, 7) is 1.29. The second kappa shape index (κ2) is 7.30. The van der Waals surface area contributed by atoms with E-state index in [1.54, 1.807) is 12.1 Å². The van der Waals surface area contributed by atoms with Gasteiger partial charge < -0.3 is 15.7 Å². The lowest BCUT2D eigenvalue weighted by Crippen LogP contribution is -2.47. The molecular formula is C18H26ClN3O2. The van der Waals surface area contributed by atoms with Crippen molar-refractivity contribution < 1.29 is 9.90 Å². The number of nitrogens with one attached hydrogen (secondary N) is 2. The second-order valence-electron chi connectivity index (χ2n) is 7.14. The van der Waals surface area contributed by atoms with Gasteiger partial charge in [-0.05, 0) is 50.4 Å². The number of likely N-dealkylation sites (N-methyl/N-ethyl adjacent to an activating group) is 1. The summed E-state index contributed by atoms with van der Waals surface area (Å²) >= 11 is 5.89. The number of aliphatic hydroxyl groups excluding tert-OH is 1. The van der Waals surface area contributed by atoms with Crippen molar-refractivity contribution in [2.45, 2.75) is 43.2 Å². The van der Waals surface area contributed by atoms with Crippen LogP contribution in [0.1, 0.15) is 37.2 Å². The molecule has 1 heterocycles. The van der Waals surface area contributed by atoms with Gasteiger partial charge in [-0.1, -0.05) is 23.7 Å². The van der Waals surface area contributed by atoms with E-state index in [4.69, 9.17) is 11.6 Å². The molecule has 3 rings (SSSR count). The number of nitrogens with zero attached hydrogens (tertiary/aromatic N) is 1. The van der Waals surface area contributed by atoms with Gasteiger partial charge in [0.25, 0.3) is 0 Å². The van der Waals surface area contributed by atoms with Gasteiger partial charge in [-0.3, -0.25) is 4.90 Å². The Morgan fingerprint density at radius 3 is 2.67 bits per heavy atom. The lowest BCUT2D eigenvalue weighted by molar-refractivity contribution is 0.0801. The van der Waals surface area contributed by atoms with Gasteiger partial charge >= 0.3 is 6.03 Å². The molecule has 3 N–H and O–H groups in total. The molecule has 2 atom stereocenters. The minimum Gasteiger partial charge on any atom is -0.396 e. The molecule has 1 saturated carbocycles. The summed E-state index contributed by atoms with van der Waals surface area (Å²) in [7, 11) is 2.15. The zero-order valence-electron chi connectivity index (χ0n) is 14.1. The first-order chi connectivity index (χ1) is 11.5. The molecule has 24 heavy (non-hydrogen) atoms. The van der Waals surface area contributed by atoms with E-state index in [2.05, 4.69) is 22.6 Å². The molecule has 0 bridgehead atoms. The molecule has 1 aromatic carbocycles. The van der Waals surface area contributed by atoms with Gasteiger partial charge in [0.2, 0.25) is 0 Å². The van der Waals surface area contributed by atoms with Gasteiger partial charge in [-0.2, -0.15) is 0 Å². The molecule has 2 fully saturated rings. The maximum Gasteiger partial charge on any atom is 0.315 e. The van der Waals surface area contributed by atoms with Gasteiger partial charge in [0, 0.05) is 35.6 Å². The average molecular weight is 352 g/mol. The number of rotatable bonds is 5. The Balaban J connectivity index is 1.47. The number of aliphatic hydroxyl groups is 1. The molecule has 2 amide bonds. The Morgan fingerprint density at radius 1 is 1.42 bits per heavy atom. The van der Waals surface area contributed by atoms with Crippen molar-refractivity contribution in [1.82, 2.24) is 15.5 Å². The third-order valence-corrected chi connectivity index (χ3v) is 5.87. The first kappa shape index (κ1) is 17.5. The third-order valence-electron chi connectivity index (χ3n) is 5.62. The molecule has 0 radical (unpaired) electrons. The van der Waals surface area contributed by atoms with Crippen molar-refractivity contribution in [3.05, 3.63) is 34.9 Å². The molecule has 1 aliphatic carbocycles. The topological polar surface area (TPSA) is 64.6 Å². The molecular weight excluding hydrogens is 326 g/mol. The zero-order chi connectivity index (χ0) is 17.2. The van der Waals surface area contributed by atoms with E-state index < -0.39 is 0 Å². The van der Waals surface area contributed by atoms with Gasteiger partial charge in [0.05, 0.1) is 6.61 Å². The first-order valence-electron chi connectivity index (χ1n) is 8.64. The summed E-state index contributed by atoms with van der Waals surface area (Å²) in [4.78, 5) is 14.6. The number of carbonyl (C=O) groups is 1. The fourth-order valence-electron chi connectivity index (χ4n) is 3.95. The van der Waals surface area contributed by atoms with E-state index in [1.165, 1.54) is 19.3 Å². The van der Waals surface area contributed by atoms with E-state index in [0.29, 0.717) is 17.1 Å². The van der Waals surface area contributed by atoms with Crippen LogP contribution < -0.4 is 10.6 Å². The van der Waals surface area contributed by atoms with Gasteiger partial charge in [-0.15, -0.1) is 0 Å². The normalized spacial score (nSPS) is 23.7. The van der Waals surface area contributed by atoms with Crippen molar-refractivity contribution in [3.8, 4) is 0 Å². The summed E-state index contributed by atoms with van der Waals surface area (Å²) < 4.78 is 0. The van der Waals surface area contributed by atoms with Crippen LogP contribution in [0.4, 0.5) is 4.79 Å². The van der Waals surface area contributed by atoms with E-state index in [9.17, 15) is 9.90 Å². The van der Waals surface area contributed by atoms with Gasteiger partial charge in [0.1, 0.15) is 0 Å². The fraction of sp³-hybridized carbons (Fsp3) is 0.611. The van der Waals surface area contributed by atoms with E-state index in [-0.39, 0.29) is 24.6 Å². The predicted octanol–water partition coefficient (Wildman–Crippen LogP) is 2.34. The number of benzene rings is 1. The standard InChI is InChI=1S/C18H26ClN3O2/c1-22-11-16(9-18(22)7-2-8-18)21-17(24)20-10-14(12-23)13-3-5-15(19)6-4-13/h3-6,14,16,23H,2,7-12H2,1H3,(H2,20,21,24). The summed E-state index contributed by atoms with van der Waals surface area (Å²) in [5, 5.41) is 16.2. The Kier molecular flexibility index (Phi) is 5.33. The van der Waals surface area contributed by atoms with Gasteiger partial charge in [-0.25, -0.2) is 4.79 Å². The van der Waals surface area contributed by atoms with Crippen molar-refractivity contribution in [2.75, 3.05) is 26.7 Å². The van der Waals surface area contributed by atoms with E-state index in [0.717, 1.165) is 18.5 Å². The molecule has 132 valence electrons. The predicted molar refractivity (Wildman–Crippen MR) is 95.4 cm³/mol. The summed E-state index contributed by atoms with van der Waals surface area (Å²) in [6.07, 6.45) is 4.82. The number of halogens is 1. The van der Waals surface area contributed by atoms with Crippen molar-refractivity contribution in [2.24, 2.45) is 0 Å². The summed E-state index contributed by atoms with van der Waals surface area (Å²) in [6, 6.07) is 7.41. The third kappa shape index (κ3) is 3.68. The Labute approximate surface area is 148 Å². The smallest absolute Gasteiger partial charge is 0.315 e. The highest BCUT2D eigenvalue weighted by molar-refractivity contribution is 6.30. The van der Waals surface area contributed by atoms with Crippen LogP contribution in [0.25, 0.3) is 0 Å². The second-order valence-corrected chi connectivity index (χ2v) is 7.58. The maximum atomic E-state index is 12.2. The van der Waals surface area contributed by atoms with Crippen LogP contribution in [0.2, 0.25) is 5.02 Å². The number of hydrogen-bond acceptors (Lipinski definition) is 3. The monoisotopic (exact) mass is 351 g/mol. The van der Waals surface area contributed by atoms with Crippen LogP contribution in [0.3, 0.4) is 0 Å². The van der Waals surface area contributed by atoms with Crippen molar-refractivity contribution >= 4 is 17.6 Å². The van der Waals surface area contributed by atoms with Crippen molar-refractivity contribution in [1.29, 1.82) is 0 Å². The number of carbonyl (C=O) groups excluding carboxylic acids is 1. The van der Waals surface area contributed by atoms with E-state index >= 15 is 0 Å². The van der Waals surface area contributed by atoms with Crippen LogP contribution in [0.5, 0.6) is 0 Å². The molecule has 5 nitrogen and oxygen atoms in total. The molecule has 0 aromatic heterocycles. The van der Waals surface area contributed by atoms with Crippen LogP contribution >= 0.6 is 11.6 Å². The average Bonchev–Trinajstić information content (AvgIpc) is 2.86. The Morgan fingerprint density at radius 2 is 2.12 bits per heavy atom. The molecule has 1 aromatic rings. The van der Waals surface area contributed by atoms with Crippen LogP contribution in [0, 0.1) is 0 Å². The van der Waals surface area contributed by atoms with Crippen LogP contribution in [-0.4, -0.2) is 54.4 Å². The lowest BCUT2D eigenvalue weighted by Gasteiger charge is -2.44. The Bertz CT molecular complexity index is 574. The van der Waals surface area contributed by atoms with Crippen LogP contribution in [0.15, 0.2) is 24.3 Å². The number of urea groups is 1. The minimum absolute atomic E-state index is 0.0167. The maximum absolute atomic E-state index is 12.2. The molecule has 1 saturated heterocycles.